The summed E-state index contributed by atoms with van der Waals surface area (Å²) in [5, 5.41) is 9.74. The van der Waals surface area contributed by atoms with Gasteiger partial charge in [0.15, 0.2) is 0 Å². The van der Waals surface area contributed by atoms with E-state index in [2.05, 4.69) is 48.5 Å². The smallest absolute Gasteiger partial charge is 0.127 e. The Balaban J connectivity index is 1.20. The third kappa shape index (κ3) is 5.04. The minimum atomic E-state index is -0.0879. The van der Waals surface area contributed by atoms with Gasteiger partial charge in [-0.15, -0.1) is 0 Å². The summed E-state index contributed by atoms with van der Waals surface area (Å²) in [5.41, 5.74) is 4.56. The SMILES string of the molecule is N#C[C@@H]1C[C@H]2[C@@H](C1)c1cc(OCc3ccccc3)ccc1O[C@H]2c1ccc(OCc2ccccc2)cc1. The molecule has 4 aromatic rings. The molecule has 0 amide bonds. The molecule has 0 aromatic heterocycles. The fourth-order valence-corrected chi connectivity index (χ4v) is 5.66. The molecular weight excluding hydrogens is 458 g/mol. The molecule has 0 saturated heterocycles. The van der Waals surface area contributed by atoms with Crippen molar-refractivity contribution in [3.8, 4) is 23.3 Å². The average Bonchev–Trinajstić information content (AvgIpc) is 3.41. The number of hydrogen-bond donors (Lipinski definition) is 0. The van der Waals surface area contributed by atoms with Gasteiger partial charge in [0, 0.05) is 17.4 Å². The molecule has 4 aromatic carbocycles. The third-order valence-corrected chi connectivity index (χ3v) is 7.52. The summed E-state index contributed by atoms with van der Waals surface area (Å²) in [7, 11) is 0. The molecule has 1 fully saturated rings. The van der Waals surface area contributed by atoms with Crippen LogP contribution in [0.2, 0.25) is 0 Å². The molecule has 0 N–H and O–H groups in total. The monoisotopic (exact) mass is 487 g/mol. The van der Waals surface area contributed by atoms with E-state index in [1.807, 2.05) is 60.7 Å². The lowest BCUT2D eigenvalue weighted by atomic mass is 9.80. The Kier molecular flexibility index (Phi) is 6.52. The molecule has 4 nitrogen and oxygen atoms in total. The minimum absolute atomic E-state index is 0.0365. The van der Waals surface area contributed by atoms with Crippen LogP contribution in [0.15, 0.2) is 103 Å². The molecule has 0 unspecified atom stereocenters. The van der Waals surface area contributed by atoms with Gasteiger partial charge in [-0.25, -0.2) is 0 Å². The van der Waals surface area contributed by atoms with Gasteiger partial charge in [0.05, 0.1) is 6.07 Å². The van der Waals surface area contributed by atoms with Crippen LogP contribution in [0.1, 0.15) is 47.1 Å². The van der Waals surface area contributed by atoms with Crippen LogP contribution in [0.4, 0.5) is 0 Å². The summed E-state index contributed by atoms with van der Waals surface area (Å²) in [5.74, 6) is 3.12. The van der Waals surface area contributed by atoms with Crippen molar-refractivity contribution in [2.24, 2.45) is 11.8 Å². The van der Waals surface area contributed by atoms with Gasteiger partial charge in [0.2, 0.25) is 0 Å². The zero-order valence-electron chi connectivity index (χ0n) is 20.6. The van der Waals surface area contributed by atoms with Gasteiger partial charge in [-0.1, -0.05) is 72.8 Å². The van der Waals surface area contributed by atoms with Gasteiger partial charge in [0.25, 0.3) is 0 Å². The van der Waals surface area contributed by atoms with E-state index in [4.69, 9.17) is 14.2 Å². The first-order chi connectivity index (χ1) is 18.3. The second kappa shape index (κ2) is 10.4. The van der Waals surface area contributed by atoms with Gasteiger partial charge in [-0.05, 0) is 65.8 Å². The van der Waals surface area contributed by atoms with E-state index in [0.717, 1.165) is 52.3 Å². The van der Waals surface area contributed by atoms with E-state index in [-0.39, 0.29) is 23.9 Å². The van der Waals surface area contributed by atoms with Crippen molar-refractivity contribution < 1.29 is 14.2 Å². The Morgan fingerprint density at radius 3 is 2.00 bits per heavy atom. The van der Waals surface area contributed by atoms with E-state index in [9.17, 15) is 5.26 Å². The number of fused-ring (bicyclic) bond motifs is 3. The molecule has 4 heteroatoms. The Morgan fingerprint density at radius 2 is 1.35 bits per heavy atom. The Bertz CT molecular complexity index is 1380. The van der Waals surface area contributed by atoms with Gasteiger partial charge < -0.3 is 14.2 Å². The molecule has 37 heavy (non-hydrogen) atoms. The molecule has 184 valence electrons. The zero-order chi connectivity index (χ0) is 25.0. The van der Waals surface area contributed by atoms with Crippen molar-refractivity contribution >= 4 is 0 Å². The van der Waals surface area contributed by atoms with Crippen molar-refractivity contribution in [2.45, 2.75) is 38.1 Å². The molecule has 2 aliphatic rings. The second-order valence-corrected chi connectivity index (χ2v) is 9.92. The Labute approximate surface area is 218 Å². The topological polar surface area (TPSA) is 51.5 Å². The standard InChI is InChI=1S/C33H29NO3/c34-20-25-17-29-30-19-28(36-22-24-9-5-2-6-10-24)15-16-32(30)37-33(31(29)18-25)26-11-13-27(14-12-26)35-21-23-7-3-1-4-8-23/h1-16,19,25,29,31,33H,17-18,21-22H2/t25-,29-,31-,33-/m0/s1. The first kappa shape index (κ1) is 23.2. The van der Waals surface area contributed by atoms with Crippen LogP contribution in [-0.2, 0) is 13.2 Å². The number of nitrogens with zero attached hydrogens (tertiary/aromatic N) is 1. The lowest BCUT2D eigenvalue weighted by Crippen LogP contribution is -2.26. The molecular formula is C33H29NO3. The summed E-state index contributed by atoms with van der Waals surface area (Å²) < 4.78 is 18.7. The number of hydrogen-bond acceptors (Lipinski definition) is 4. The van der Waals surface area contributed by atoms with Crippen LogP contribution in [0.5, 0.6) is 17.2 Å². The minimum Gasteiger partial charge on any atom is -0.489 e. The number of rotatable bonds is 7. The molecule has 1 saturated carbocycles. The first-order valence-corrected chi connectivity index (χ1v) is 12.9. The summed E-state index contributed by atoms with van der Waals surface area (Å²) in [6, 6.07) is 37.2. The lowest BCUT2D eigenvalue weighted by Gasteiger charge is -2.36. The normalized spacial score (nSPS) is 21.7. The molecule has 0 radical (unpaired) electrons. The van der Waals surface area contributed by atoms with Crippen LogP contribution in [-0.4, -0.2) is 0 Å². The number of ether oxygens (including phenoxy) is 3. The maximum atomic E-state index is 9.74. The fourth-order valence-electron chi connectivity index (χ4n) is 5.66. The highest BCUT2D eigenvalue weighted by Gasteiger charge is 2.45. The predicted molar refractivity (Wildman–Crippen MR) is 142 cm³/mol. The van der Waals surface area contributed by atoms with Crippen LogP contribution in [0, 0.1) is 23.2 Å². The van der Waals surface area contributed by atoms with Gasteiger partial charge in [-0.3, -0.25) is 0 Å². The van der Waals surface area contributed by atoms with Gasteiger partial charge in [0.1, 0.15) is 36.6 Å². The quantitative estimate of drug-likeness (QED) is 0.269. The highest BCUT2D eigenvalue weighted by atomic mass is 16.5. The van der Waals surface area contributed by atoms with E-state index in [1.165, 1.54) is 0 Å². The first-order valence-electron chi connectivity index (χ1n) is 12.9. The predicted octanol–water partition coefficient (Wildman–Crippen LogP) is 7.61. The summed E-state index contributed by atoms with van der Waals surface area (Å²) >= 11 is 0. The average molecular weight is 488 g/mol. The van der Waals surface area contributed by atoms with E-state index in [1.54, 1.807) is 0 Å². The molecule has 6 rings (SSSR count). The van der Waals surface area contributed by atoms with E-state index in [0.29, 0.717) is 13.2 Å². The Morgan fingerprint density at radius 1 is 0.730 bits per heavy atom. The summed E-state index contributed by atoms with van der Waals surface area (Å²) in [6.07, 6.45) is 1.61. The lowest BCUT2D eigenvalue weighted by molar-refractivity contribution is 0.103. The molecule has 1 aliphatic carbocycles. The van der Waals surface area contributed by atoms with Crippen molar-refractivity contribution in [3.05, 3.63) is 125 Å². The summed E-state index contributed by atoms with van der Waals surface area (Å²) in [6.45, 7) is 1.06. The third-order valence-electron chi connectivity index (χ3n) is 7.52. The largest absolute Gasteiger partial charge is 0.489 e. The summed E-state index contributed by atoms with van der Waals surface area (Å²) in [4.78, 5) is 0. The van der Waals surface area contributed by atoms with E-state index >= 15 is 0 Å². The highest BCUT2D eigenvalue weighted by molar-refractivity contribution is 5.47. The maximum Gasteiger partial charge on any atom is 0.127 e. The molecule has 4 atom stereocenters. The number of benzene rings is 4. The molecule has 0 bridgehead atoms. The fraction of sp³-hybridized carbons (Fsp3) is 0.242. The molecule has 1 aliphatic heterocycles. The molecule has 0 spiro atoms. The second-order valence-electron chi connectivity index (χ2n) is 9.92. The van der Waals surface area contributed by atoms with Crippen molar-refractivity contribution in [3.63, 3.8) is 0 Å². The van der Waals surface area contributed by atoms with Gasteiger partial charge >= 0.3 is 0 Å². The van der Waals surface area contributed by atoms with Crippen molar-refractivity contribution in [1.82, 2.24) is 0 Å². The van der Waals surface area contributed by atoms with Crippen LogP contribution < -0.4 is 14.2 Å². The Hall–Kier alpha value is -4.23. The van der Waals surface area contributed by atoms with Crippen molar-refractivity contribution in [1.29, 1.82) is 5.26 Å². The number of nitriles is 1. The van der Waals surface area contributed by atoms with Crippen molar-refractivity contribution in [2.75, 3.05) is 0 Å². The van der Waals surface area contributed by atoms with Gasteiger partial charge in [-0.2, -0.15) is 5.26 Å². The zero-order valence-corrected chi connectivity index (χ0v) is 20.6. The van der Waals surface area contributed by atoms with Crippen LogP contribution in [0.3, 0.4) is 0 Å². The van der Waals surface area contributed by atoms with E-state index < -0.39 is 0 Å². The molecule has 1 heterocycles. The van der Waals surface area contributed by atoms with Crippen LogP contribution >= 0.6 is 0 Å². The maximum absolute atomic E-state index is 9.74. The highest BCUT2D eigenvalue weighted by Crippen LogP contribution is 2.56. The van der Waals surface area contributed by atoms with Crippen LogP contribution in [0.25, 0.3) is 0 Å².